The first kappa shape index (κ1) is 15.5. The van der Waals surface area contributed by atoms with E-state index in [9.17, 15) is 9.90 Å². The first-order valence-electron chi connectivity index (χ1n) is 8.25. The standard InChI is InChI=1S/C19H26O3/c1-11-8-13-14(9-17(11)22-4)18(21)12-6-5-7-19(2,3)15(12)10-16(13)20/h8-9,12,15,18,21H,5-7,10H2,1-4H3/t12-,15+,18-/m0/s1. The van der Waals surface area contributed by atoms with Crippen LogP contribution < -0.4 is 4.74 Å². The molecule has 0 aliphatic heterocycles. The predicted octanol–water partition coefficient (Wildman–Crippen LogP) is 4.07. The van der Waals surface area contributed by atoms with Gasteiger partial charge < -0.3 is 9.84 Å². The van der Waals surface area contributed by atoms with Crippen molar-refractivity contribution in [2.45, 2.75) is 52.6 Å². The van der Waals surface area contributed by atoms with Crippen LogP contribution in [0, 0.1) is 24.2 Å². The van der Waals surface area contributed by atoms with Crippen molar-refractivity contribution in [3.05, 3.63) is 28.8 Å². The maximum absolute atomic E-state index is 12.8. The smallest absolute Gasteiger partial charge is 0.163 e. The van der Waals surface area contributed by atoms with Gasteiger partial charge in [-0.25, -0.2) is 0 Å². The number of carbonyl (C=O) groups excluding carboxylic acids is 1. The molecule has 1 aromatic rings. The molecule has 22 heavy (non-hydrogen) atoms. The van der Waals surface area contributed by atoms with Crippen molar-refractivity contribution in [2.24, 2.45) is 17.3 Å². The monoisotopic (exact) mass is 302 g/mol. The van der Waals surface area contributed by atoms with Gasteiger partial charge in [0.15, 0.2) is 5.78 Å². The Balaban J connectivity index is 2.11. The fraction of sp³-hybridized carbons (Fsp3) is 0.632. The highest BCUT2D eigenvalue weighted by Crippen LogP contribution is 2.52. The van der Waals surface area contributed by atoms with Gasteiger partial charge in [0.2, 0.25) is 0 Å². The molecule has 2 aliphatic rings. The minimum absolute atomic E-state index is 0.112. The highest BCUT2D eigenvalue weighted by molar-refractivity contribution is 5.98. The molecule has 1 fully saturated rings. The summed E-state index contributed by atoms with van der Waals surface area (Å²) in [5.41, 5.74) is 2.51. The van der Waals surface area contributed by atoms with Gasteiger partial charge in [0.1, 0.15) is 5.75 Å². The van der Waals surface area contributed by atoms with Crippen molar-refractivity contribution < 1.29 is 14.6 Å². The minimum Gasteiger partial charge on any atom is -0.496 e. The molecular formula is C19H26O3. The maximum atomic E-state index is 12.8. The van der Waals surface area contributed by atoms with Crippen molar-refractivity contribution in [3.63, 3.8) is 0 Å². The molecule has 0 aromatic heterocycles. The van der Waals surface area contributed by atoms with Crippen LogP contribution in [-0.2, 0) is 0 Å². The molecule has 3 heteroatoms. The van der Waals surface area contributed by atoms with Crippen molar-refractivity contribution in [2.75, 3.05) is 7.11 Å². The van der Waals surface area contributed by atoms with Gasteiger partial charge in [-0.3, -0.25) is 4.79 Å². The molecule has 0 bridgehead atoms. The number of hydrogen-bond acceptors (Lipinski definition) is 3. The largest absolute Gasteiger partial charge is 0.496 e. The molecule has 3 rings (SSSR count). The molecule has 0 amide bonds. The molecule has 0 spiro atoms. The Bertz CT molecular complexity index is 603. The lowest BCUT2D eigenvalue weighted by Gasteiger charge is -2.44. The van der Waals surface area contributed by atoms with Crippen molar-refractivity contribution in [3.8, 4) is 5.75 Å². The Labute approximate surface area is 132 Å². The second kappa shape index (κ2) is 5.38. The number of carbonyl (C=O) groups is 1. The molecule has 3 atom stereocenters. The van der Waals surface area contributed by atoms with Crippen molar-refractivity contribution in [1.82, 2.24) is 0 Å². The zero-order chi connectivity index (χ0) is 16.1. The second-order valence-corrected chi connectivity index (χ2v) is 7.63. The molecular weight excluding hydrogens is 276 g/mol. The Kier molecular flexibility index (Phi) is 3.80. The molecule has 1 saturated carbocycles. The van der Waals surface area contributed by atoms with E-state index in [0.717, 1.165) is 36.1 Å². The zero-order valence-corrected chi connectivity index (χ0v) is 14.0. The van der Waals surface area contributed by atoms with Crippen molar-refractivity contribution in [1.29, 1.82) is 0 Å². The molecule has 1 aromatic carbocycles. The van der Waals surface area contributed by atoms with Gasteiger partial charge in [-0.05, 0) is 60.3 Å². The third kappa shape index (κ3) is 2.36. The summed E-state index contributed by atoms with van der Waals surface area (Å²) in [6.45, 7) is 6.43. The number of rotatable bonds is 1. The summed E-state index contributed by atoms with van der Waals surface area (Å²) in [4.78, 5) is 12.8. The molecule has 3 nitrogen and oxygen atoms in total. The normalized spacial score (nSPS) is 30.2. The van der Waals surface area contributed by atoms with E-state index in [2.05, 4.69) is 13.8 Å². The number of methoxy groups -OCH3 is 1. The van der Waals surface area contributed by atoms with Crippen LogP contribution >= 0.6 is 0 Å². The predicted molar refractivity (Wildman–Crippen MR) is 86.3 cm³/mol. The summed E-state index contributed by atoms with van der Waals surface area (Å²) >= 11 is 0. The molecule has 2 aliphatic carbocycles. The quantitative estimate of drug-likeness (QED) is 0.850. The number of fused-ring (bicyclic) bond motifs is 2. The van der Waals surface area contributed by atoms with Crippen molar-refractivity contribution >= 4 is 5.78 Å². The molecule has 0 unspecified atom stereocenters. The SMILES string of the molecule is COc1cc2c(cc1C)C(=O)C[C@@H]1[C@H](CCCC1(C)C)[C@@H]2O. The van der Waals surface area contributed by atoms with Crippen LogP contribution in [0.4, 0.5) is 0 Å². The maximum Gasteiger partial charge on any atom is 0.163 e. The Hall–Kier alpha value is -1.35. The van der Waals surface area contributed by atoms with Crippen LogP contribution in [0.25, 0.3) is 0 Å². The number of benzene rings is 1. The zero-order valence-electron chi connectivity index (χ0n) is 14.0. The van der Waals surface area contributed by atoms with Crippen LogP contribution in [0.5, 0.6) is 5.75 Å². The third-order valence-electron chi connectivity index (χ3n) is 5.88. The van der Waals surface area contributed by atoms with Gasteiger partial charge in [0, 0.05) is 12.0 Å². The number of Topliss-reactive ketones (excluding diaryl/α,β-unsaturated/α-hetero) is 1. The number of ketones is 1. The lowest BCUT2D eigenvalue weighted by Crippen LogP contribution is -2.37. The van der Waals surface area contributed by atoms with Gasteiger partial charge in [-0.15, -0.1) is 0 Å². The molecule has 120 valence electrons. The van der Waals surface area contributed by atoms with Gasteiger partial charge in [-0.1, -0.05) is 20.3 Å². The van der Waals surface area contributed by atoms with Gasteiger partial charge >= 0.3 is 0 Å². The summed E-state index contributed by atoms with van der Waals surface area (Å²) in [6, 6.07) is 3.77. The van der Waals surface area contributed by atoms with E-state index in [-0.39, 0.29) is 23.0 Å². The summed E-state index contributed by atoms with van der Waals surface area (Å²) in [5.74, 6) is 1.34. The van der Waals surface area contributed by atoms with E-state index < -0.39 is 6.10 Å². The number of ether oxygens (including phenoxy) is 1. The van der Waals surface area contributed by atoms with E-state index in [1.165, 1.54) is 0 Å². The first-order chi connectivity index (χ1) is 10.3. The lowest BCUT2D eigenvalue weighted by atomic mass is 9.61. The topological polar surface area (TPSA) is 46.5 Å². The highest BCUT2D eigenvalue weighted by Gasteiger charge is 2.46. The van der Waals surface area contributed by atoms with E-state index in [1.807, 2.05) is 19.1 Å². The van der Waals surface area contributed by atoms with Crippen LogP contribution in [0.1, 0.15) is 67.1 Å². The van der Waals surface area contributed by atoms with Crippen LogP contribution in [0.3, 0.4) is 0 Å². The van der Waals surface area contributed by atoms with E-state index >= 15 is 0 Å². The molecule has 0 saturated heterocycles. The highest BCUT2D eigenvalue weighted by atomic mass is 16.5. The molecule has 0 heterocycles. The average molecular weight is 302 g/mol. The number of aliphatic hydroxyl groups excluding tert-OH is 1. The first-order valence-corrected chi connectivity index (χ1v) is 8.25. The summed E-state index contributed by atoms with van der Waals surface area (Å²) in [6.07, 6.45) is 3.23. The number of aryl methyl sites for hydroxylation is 1. The van der Waals surface area contributed by atoms with Gasteiger partial charge in [-0.2, -0.15) is 0 Å². The van der Waals surface area contributed by atoms with Gasteiger partial charge in [0.05, 0.1) is 13.2 Å². The molecule has 1 N–H and O–H groups in total. The summed E-state index contributed by atoms with van der Waals surface area (Å²) in [7, 11) is 1.63. The Morgan fingerprint density at radius 1 is 1.32 bits per heavy atom. The van der Waals surface area contributed by atoms with Crippen LogP contribution in [0.2, 0.25) is 0 Å². The van der Waals surface area contributed by atoms with Crippen LogP contribution in [0.15, 0.2) is 12.1 Å². The fourth-order valence-electron chi connectivity index (χ4n) is 4.52. The summed E-state index contributed by atoms with van der Waals surface area (Å²) < 4.78 is 5.39. The van der Waals surface area contributed by atoms with E-state index in [0.29, 0.717) is 12.0 Å². The summed E-state index contributed by atoms with van der Waals surface area (Å²) in [5, 5.41) is 11.0. The van der Waals surface area contributed by atoms with Crippen LogP contribution in [-0.4, -0.2) is 18.0 Å². The number of hydrogen-bond donors (Lipinski definition) is 1. The van der Waals surface area contributed by atoms with E-state index in [4.69, 9.17) is 4.74 Å². The average Bonchev–Trinajstić information content (AvgIpc) is 2.56. The van der Waals surface area contributed by atoms with Gasteiger partial charge in [0.25, 0.3) is 0 Å². The number of aliphatic hydroxyl groups is 1. The second-order valence-electron chi connectivity index (χ2n) is 7.63. The fourth-order valence-corrected chi connectivity index (χ4v) is 4.52. The minimum atomic E-state index is -0.569. The molecule has 0 radical (unpaired) electrons. The Morgan fingerprint density at radius 3 is 2.73 bits per heavy atom. The van der Waals surface area contributed by atoms with E-state index in [1.54, 1.807) is 7.11 Å². The lowest BCUT2D eigenvalue weighted by molar-refractivity contribution is -0.0117. The Morgan fingerprint density at radius 2 is 2.05 bits per heavy atom. The third-order valence-corrected chi connectivity index (χ3v) is 5.88.